The molecule has 0 aliphatic heterocycles. The van der Waals surface area contributed by atoms with Gasteiger partial charge in [-0.2, -0.15) is 0 Å². The molecule has 0 unspecified atom stereocenters. The van der Waals surface area contributed by atoms with Crippen molar-refractivity contribution < 1.29 is 14.7 Å². The molecule has 0 fully saturated rings. The number of aryl methyl sites for hydroxylation is 1. The summed E-state index contributed by atoms with van der Waals surface area (Å²) < 4.78 is 0. The maximum absolute atomic E-state index is 11.7. The lowest BCUT2D eigenvalue weighted by molar-refractivity contribution is -0.131. The van der Waals surface area contributed by atoms with Gasteiger partial charge in [0.2, 0.25) is 0 Å². The lowest BCUT2D eigenvalue weighted by Crippen LogP contribution is -1.97. The van der Waals surface area contributed by atoms with Crippen LogP contribution in [0.4, 0.5) is 0 Å². The Morgan fingerprint density at radius 1 is 0.833 bits per heavy atom. The van der Waals surface area contributed by atoms with Gasteiger partial charge in [0.1, 0.15) is 0 Å². The predicted octanol–water partition coefficient (Wildman–Crippen LogP) is 5.58. The van der Waals surface area contributed by atoms with Crippen molar-refractivity contribution in [1.29, 1.82) is 0 Å². The maximum atomic E-state index is 11.7. The molecule has 3 nitrogen and oxygen atoms in total. The summed E-state index contributed by atoms with van der Waals surface area (Å²) in [6.07, 6.45) is 14.9. The average Bonchev–Trinajstić information content (AvgIpc) is 2.58. The predicted molar refractivity (Wildman–Crippen MR) is 98.5 cm³/mol. The van der Waals surface area contributed by atoms with Gasteiger partial charge < -0.3 is 5.11 Å². The fraction of sp³-hybridized carbons (Fsp3) is 0.524. The van der Waals surface area contributed by atoms with Gasteiger partial charge in [0, 0.05) is 11.6 Å². The summed E-state index contributed by atoms with van der Waals surface area (Å²) in [6.45, 7) is 2.25. The molecule has 3 heteroatoms. The molecule has 132 valence electrons. The molecule has 1 aromatic carbocycles. The Hall–Kier alpha value is -1.90. The topological polar surface area (TPSA) is 54.4 Å². The van der Waals surface area contributed by atoms with Gasteiger partial charge in [-0.25, -0.2) is 4.79 Å². The number of ketones is 1. The second kappa shape index (κ2) is 12.5. The lowest BCUT2D eigenvalue weighted by Gasteiger charge is -2.04. The Bertz CT molecular complexity index is 514. The monoisotopic (exact) mass is 330 g/mol. The van der Waals surface area contributed by atoms with E-state index in [0.29, 0.717) is 5.56 Å². The average molecular weight is 330 g/mol. The molecule has 0 bridgehead atoms. The van der Waals surface area contributed by atoms with Crippen LogP contribution in [0.25, 0.3) is 0 Å². The summed E-state index contributed by atoms with van der Waals surface area (Å²) in [5.41, 5.74) is 1.76. The van der Waals surface area contributed by atoms with Crippen molar-refractivity contribution >= 4 is 11.8 Å². The summed E-state index contributed by atoms with van der Waals surface area (Å²) in [7, 11) is 0. The number of carboxylic acid groups (broad SMARTS) is 1. The van der Waals surface area contributed by atoms with E-state index in [1.807, 2.05) is 12.1 Å². The minimum Gasteiger partial charge on any atom is -0.478 e. The SMILES string of the molecule is CCCCCCCCCCCc1ccc(C(=O)/C=C/C(=O)O)cc1. The standard InChI is InChI=1S/C21H30O3/c1-2-3-4-5-6-7-8-9-10-11-18-12-14-19(15-13-18)20(22)16-17-21(23)24/h12-17H,2-11H2,1H3,(H,23,24)/b17-16+. The first-order valence-corrected chi connectivity index (χ1v) is 9.17. The van der Waals surface area contributed by atoms with Crippen LogP contribution in [-0.4, -0.2) is 16.9 Å². The van der Waals surface area contributed by atoms with Crippen molar-refractivity contribution in [1.82, 2.24) is 0 Å². The minimum atomic E-state index is -1.11. The van der Waals surface area contributed by atoms with Gasteiger partial charge in [0.05, 0.1) is 0 Å². The number of allylic oxidation sites excluding steroid dienone is 1. The molecule has 0 amide bonds. The molecule has 0 saturated carbocycles. The first-order valence-electron chi connectivity index (χ1n) is 9.17. The highest BCUT2D eigenvalue weighted by Crippen LogP contribution is 2.13. The van der Waals surface area contributed by atoms with Gasteiger partial charge in [0.25, 0.3) is 0 Å². The van der Waals surface area contributed by atoms with Gasteiger partial charge in [-0.05, 0) is 24.5 Å². The van der Waals surface area contributed by atoms with Crippen LogP contribution in [0.1, 0.15) is 80.6 Å². The fourth-order valence-corrected chi connectivity index (χ4v) is 2.72. The summed E-state index contributed by atoms with van der Waals surface area (Å²) >= 11 is 0. The van der Waals surface area contributed by atoms with Crippen molar-refractivity contribution in [2.75, 3.05) is 0 Å². The van der Waals surface area contributed by atoms with Gasteiger partial charge in [-0.15, -0.1) is 0 Å². The summed E-state index contributed by atoms with van der Waals surface area (Å²) in [4.78, 5) is 22.1. The lowest BCUT2D eigenvalue weighted by atomic mass is 10.0. The third-order valence-electron chi connectivity index (χ3n) is 4.18. The van der Waals surface area contributed by atoms with E-state index >= 15 is 0 Å². The van der Waals surface area contributed by atoms with Crippen molar-refractivity contribution in [3.63, 3.8) is 0 Å². The van der Waals surface area contributed by atoms with Crippen molar-refractivity contribution in [2.24, 2.45) is 0 Å². The number of unbranched alkanes of at least 4 members (excludes halogenated alkanes) is 8. The zero-order chi connectivity index (χ0) is 17.6. The van der Waals surface area contributed by atoms with Crippen LogP contribution in [0.5, 0.6) is 0 Å². The summed E-state index contributed by atoms with van der Waals surface area (Å²) in [6, 6.07) is 7.48. The number of hydrogen-bond acceptors (Lipinski definition) is 2. The Labute approximate surface area is 145 Å². The molecular weight excluding hydrogens is 300 g/mol. The highest BCUT2D eigenvalue weighted by Gasteiger charge is 2.02. The van der Waals surface area contributed by atoms with Gasteiger partial charge >= 0.3 is 5.97 Å². The Morgan fingerprint density at radius 2 is 1.38 bits per heavy atom. The van der Waals surface area contributed by atoms with E-state index < -0.39 is 5.97 Å². The second-order valence-corrected chi connectivity index (χ2v) is 6.31. The molecule has 0 aliphatic carbocycles. The molecule has 0 heterocycles. The molecule has 1 rings (SSSR count). The van der Waals surface area contributed by atoms with E-state index in [-0.39, 0.29) is 5.78 Å². The van der Waals surface area contributed by atoms with Crippen molar-refractivity contribution in [3.05, 3.63) is 47.5 Å². The van der Waals surface area contributed by atoms with E-state index in [1.54, 1.807) is 12.1 Å². The van der Waals surface area contributed by atoms with Crippen LogP contribution in [0.15, 0.2) is 36.4 Å². The fourth-order valence-electron chi connectivity index (χ4n) is 2.72. The second-order valence-electron chi connectivity index (χ2n) is 6.31. The van der Waals surface area contributed by atoms with Gasteiger partial charge in [0.15, 0.2) is 5.78 Å². The Kier molecular flexibility index (Phi) is 10.5. The Morgan fingerprint density at radius 3 is 1.92 bits per heavy atom. The number of carbonyl (C=O) groups is 2. The molecule has 0 radical (unpaired) electrons. The van der Waals surface area contributed by atoms with E-state index in [9.17, 15) is 9.59 Å². The van der Waals surface area contributed by atoms with E-state index in [1.165, 1.54) is 63.4 Å². The highest BCUT2D eigenvalue weighted by atomic mass is 16.4. The van der Waals surface area contributed by atoms with Gasteiger partial charge in [-0.1, -0.05) is 82.6 Å². The van der Waals surface area contributed by atoms with E-state index in [0.717, 1.165) is 18.6 Å². The van der Waals surface area contributed by atoms with Crippen LogP contribution >= 0.6 is 0 Å². The quantitative estimate of drug-likeness (QED) is 0.292. The third kappa shape index (κ3) is 9.29. The summed E-state index contributed by atoms with van der Waals surface area (Å²) in [5, 5.41) is 8.53. The zero-order valence-electron chi connectivity index (χ0n) is 14.8. The smallest absolute Gasteiger partial charge is 0.328 e. The molecule has 0 aromatic heterocycles. The molecule has 0 aliphatic rings. The molecule has 1 aromatic rings. The van der Waals surface area contributed by atoms with Crippen LogP contribution in [0.3, 0.4) is 0 Å². The number of aliphatic carboxylic acids is 1. The highest BCUT2D eigenvalue weighted by molar-refractivity contribution is 6.06. The molecule has 0 saturated heterocycles. The molecular formula is C21H30O3. The van der Waals surface area contributed by atoms with Crippen LogP contribution < -0.4 is 0 Å². The third-order valence-corrected chi connectivity index (χ3v) is 4.18. The minimum absolute atomic E-state index is 0.271. The van der Waals surface area contributed by atoms with Crippen LogP contribution in [0.2, 0.25) is 0 Å². The molecule has 0 atom stereocenters. The normalized spacial score (nSPS) is 11.0. The largest absolute Gasteiger partial charge is 0.478 e. The number of carboxylic acids is 1. The van der Waals surface area contributed by atoms with Gasteiger partial charge in [-0.3, -0.25) is 4.79 Å². The first kappa shape index (κ1) is 20.1. The molecule has 0 spiro atoms. The number of carbonyl (C=O) groups excluding carboxylic acids is 1. The number of rotatable bonds is 13. The Balaban J connectivity index is 2.18. The van der Waals surface area contributed by atoms with Crippen molar-refractivity contribution in [3.8, 4) is 0 Å². The molecule has 24 heavy (non-hydrogen) atoms. The summed E-state index contributed by atoms with van der Waals surface area (Å²) in [5.74, 6) is -1.38. The zero-order valence-corrected chi connectivity index (χ0v) is 14.8. The molecule has 1 N–H and O–H groups in total. The first-order chi connectivity index (χ1) is 11.6. The van der Waals surface area contributed by atoms with Crippen LogP contribution in [-0.2, 0) is 11.2 Å². The van der Waals surface area contributed by atoms with Crippen LogP contribution in [0, 0.1) is 0 Å². The number of benzene rings is 1. The maximum Gasteiger partial charge on any atom is 0.328 e. The van der Waals surface area contributed by atoms with E-state index in [4.69, 9.17) is 5.11 Å². The van der Waals surface area contributed by atoms with E-state index in [2.05, 4.69) is 6.92 Å². The van der Waals surface area contributed by atoms with Crippen molar-refractivity contribution in [2.45, 2.75) is 71.1 Å². The number of hydrogen-bond donors (Lipinski definition) is 1.